The van der Waals surface area contributed by atoms with Crippen LogP contribution in [0.2, 0.25) is 0 Å². The van der Waals surface area contributed by atoms with Gasteiger partial charge in [-0.2, -0.15) is 0 Å². The van der Waals surface area contributed by atoms with Gasteiger partial charge in [0.2, 0.25) is 11.8 Å². The second-order valence-corrected chi connectivity index (χ2v) is 10.2. The number of carbonyl (C=O) groups is 2. The lowest BCUT2D eigenvalue weighted by atomic mass is 10.0. The quantitative estimate of drug-likeness (QED) is 0.681. The van der Waals surface area contributed by atoms with Gasteiger partial charge in [-0.1, -0.05) is 24.3 Å². The maximum absolute atomic E-state index is 13.5. The van der Waals surface area contributed by atoms with Crippen LogP contribution in [0, 0.1) is 12.8 Å². The van der Waals surface area contributed by atoms with Gasteiger partial charge in [-0.05, 0) is 50.2 Å². The number of benzene rings is 1. The Morgan fingerprint density at radius 3 is 2.61 bits per heavy atom. The van der Waals surface area contributed by atoms with E-state index in [1.807, 2.05) is 9.80 Å². The normalized spacial score (nSPS) is 28.0. The summed E-state index contributed by atoms with van der Waals surface area (Å²) in [6.07, 6.45) is 5.10. The maximum atomic E-state index is 13.5. The molecule has 1 aromatic rings. The Kier molecular flexibility index (Phi) is 6.99. The average molecular weight is 455 g/mol. The maximum Gasteiger partial charge on any atom is 0.245 e. The van der Waals surface area contributed by atoms with E-state index in [0.717, 1.165) is 78.0 Å². The van der Waals surface area contributed by atoms with Crippen molar-refractivity contribution >= 4 is 11.8 Å². The third kappa shape index (κ3) is 5.26. The molecule has 180 valence electrons. The summed E-state index contributed by atoms with van der Waals surface area (Å²) in [7, 11) is 0. The first-order valence-corrected chi connectivity index (χ1v) is 12.8. The standard InChI is InChI=1S/C26H38N4O3/c1-19-5-2-3-6-21(19)16-29(18-23-7-4-14-33-23)22-15-24(26(32)28-12-10-27-11-13-28)30(17-22)25(31)20-8-9-20/h2-3,5-6,20,22-24,27H,4,7-18H2,1H3. The van der Waals surface area contributed by atoms with Crippen LogP contribution in [-0.4, -0.2) is 90.6 Å². The minimum Gasteiger partial charge on any atom is -0.377 e. The monoisotopic (exact) mass is 454 g/mol. The Hall–Kier alpha value is -1.96. The minimum absolute atomic E-state index is 0.130. The molecule has 3 aliphatic heterocycles. The van der Waals surface area contributed by atoms with Gasteiger partial charge in [-0.15, -0.1) is 0 Å². The Bertz CT molecular complexity index is 846. The van der Waals surface area contributed by atoms with Crippen LogP contribution in [0.15, 0.2) is 24.3 Å². The van der Waals surface area contributed by atoms with Gasteiger partial charge in [0.05, 0.1) is 6.10 Å². The molecule has 0 aromatic heterocycles. The number of piperazine rings is 1. The van der Waals surface area contributed by atoms with E-state index in [1.165, 1.54) is 11.1 Å². The molecule has 1 saturated carbocycles. The molecule has 0 radical (unpaired) electrons. The fourth-order valence-corrected chi connectivity index (χ4v) is 5.62. The van der Waals surface area contributed by atoms with E-state index >= 15 is 0 Å². The molecule has 4 aliphatic rings. The Morgan fingerprint density at radius 2 is 1.91 bits per heavy atom. The van der Waals surface area contributed by atoms with Crippen molar-refractivity contribution in [2.75, 3.05) is 45.9 Å². The third-order valence-electron chi connectivity index (χ3n) is 7.82. The van der Waals surface area contributed by atoms with Gasteiger partial charge in [-0.25, -0.2) is 0 Å². The van der Waals surface area contributed by atoms with Crippen molar-refractivity contribution in [3.63, 3.8) is 0 Å². The van der Waals surface area contributed by atoms with Crippen molar-refractivity contribution in [2.24, 2.45) is 5.92 Å². The number of rotatable bonds is 7. The molecule has 7 heteroatoms. The largest absolute Gasteiger partial charge is 0.377 e. The second-order valence-electron chi connectivity index (χ2n) is 10.2. The van der Waals surface area contributed by atoms with Crippen molar-refractivity contribution in [3.05, 3.63) is 35.4 Å². The summed E-state index contributed by atoms with van der Waals surface area (Å²) in [5.41, 5.74) is 2.60. The number of hydrogen-bond acceptors (Lipinski definition) is 5. The Morgan fingerprint density at radius 1 is 1.12 bits per heavy atom. The Labute approximate surface area is 197 Å². The lowest BCUT2D eigenvalue weighted by Crippen LogP contribution is -2.53. The van der Waals surface area contributed by atoms with E-state index < -0.39 is 0 Å². The predicted octanol–water partition coefficient (Wildman–Crippen LogP) is 1.79. The van der Waals surface area contributed by atoms with Crippen LogP contribution in [0.5, 0.6) is 0 Å². The molecule has 3 saturated heterocycles. The number of ether oxygens (including phenoxy) is 1. The van der Waals surface area contributed by atoms with Crippen LogP contribution in [0.25, 0.3) is 0 Å². The number of hydrogen-bond donors (Lipinski definition) is 1. The molecule has 7 nitrogen and oxygen atoms in total. The molecule has 3 unspecified atom stereocenters. The Balaban J connectivity index is 1.36. The smallest absolute Gasteiger partial charge is 0.245 e. The number of carbonyl (C=O) groups excluding carboxylic acids is 2. The van der Waals surface area contributed by atoms with Crippen molar-refractivity contribution in [1.82, 2.24) is 20.0 Å². The van der Waals surface area contributed by atoms with Crippen LogP contribution in [-0.2, 0) is 20.9 Å². The van der Waals surface area contributed by atoms with Gasteiger partial charge in [0, 0.05) is 64.4 Å². The van der Waals surface area contributed by atoms with Gasteiger partial charge in [-0.3, -0.25) is 14.5 Å². The van der Waals surface area contributed by atoms with Crippen molar-refractivity contribution in [3.8, 4) is 0 Å². The molecule has 2 amide bonds. The SMILES string of the molecule is Cc1ccccc1CN(CC1CCCO1)C1CC(C(=O)N2CCNCC2)N(C(=O)C2CC2)C1. The molecule has 33 heavy (non-hydrogen) atoms. The molecular formula is C26H38N4O3. The molecule has 1 N–H and O–H groups in total. The first-order valence-electron chi connectivity index (χ1n) is 12.8. The van der Waals surface area contributed by atoms with Crippen LogP contribution in [0.4, 0.5) is 0 Å². The molecule has 1 aliphatic carbocycles. The first-order chi connectivity index (χ1) is 16.1. The molecular weight excluding hydrogens is 416 g/mol. The minimum atomic E-state index is -0.329. The van der Waals surface area contributed by atoms with Gasteiger partial charge in [0.25, 0.3) is 0 Å². The fourth-order valence-electron chi connectivity index (χ4n) is 5.62. The van der Waals surface area contributed by atoms with Crippen LogP contribution < -0.4 is 5.32 Å². The van der Waals surface area contributed by atoms with E-state index in [4.69, 9.17) is 4.74 Å². The van der Waals surface area contributed by atoms with Crippen molar-refractivity contribution in [1.29, 1.82) is 0 Å². The summed E-state index contributed by atoms with van der Waals surface area (Å²) in [5, 5.41) is 3.33. The number of aryl methyl sites for hydroxylation is 1. The lowest BCUT2D eigenvalue weighted by molar-refractivity contribution is -0.144. The summed E-state index contributed by atoms with van der Waals surface area (Å²) in [6, 6.07) is 8.38. The molecule has 1 aromatic carbocycles. The highest BCUT2D eigenvalue weighted by molar-refractivity contribution is 5.90. The zero-order chi connectivity index (χ0) is 22.8. The molecule has 0 bridgehead atoms. The summed E-state index contributed by atoms with van der Waals surface area (Å²) < 4.78 is 6.00. The van der Waals surface area contributed by atoms with E-state index in [1.54, 1.807) is 0 Å². The highest BCUT2D eigenvalue weighted by Crippen LogP contribution is 2.35. The number of likely N-dealkylation sites (tertiary alicyclic amines) is 1. The second kappa shape index (κ2) is 10.1. The molecule has 3 atom stereocenters. The fraction of sp³-hybridized carbons (Fsp3) is 0.692. The predicted molar refractivity (Wildman–Crippen MR) is 127 cm³/mol. The van der Waals surface area contributed by atoms with E-state index in [0.29, 0.717) is 6.54 Å². The molecule has 3 heterocycles. The molecule has 5 rings (SSSR count). The van der Waals surface area contributed by atoms with Crippen molar-refractivity contribution in [2.45, 2.75) is 63.8 Å². The van der Waals surface area contributed by atoms with Gasteiger partial charge in [0.15, 0.2) is 0 Å². The van der Waals surface area contributed by atoms with Crippen LogP contribution >= 0.6 is 0 Å². The van der Waals surface area contributed by atoms with Crippen LogP contribution in [0.3, 0.4) is 0 Å². The third-order valence-corrected chi connectivity index (χ3v) is 7.82. The number of nitrogens with zero attached hydrogens (tertiary/aromatic N) is 3. The van der Waals surface area contributed by atoms with E-state index in [9.17, 15) is 9.59 Å². The van der Waals surface area contributed by atoms with Crippen molar-refractivity contribution < 1.29 is 14.3 Å². The zero-order valence-corrected chi connectivity index (χ0v) is 19.9. The highest BCUT2D eigenvalue weighted by Gasteiger charge is 2.47. The van der Waals surface area contributed by atoms with Gasteiger partial charge >= 0.3 is 0 Å². The topological polar surface area (TPSA) is 65.1 Å². The van der Waals surface area contributed by atoms with Gasteiger partial charge in [0.1, 0.15) is 6.04 Å². The lowest BCUT2D eigenvalue weighted by Gasteiger charge is -2.32. The molecule has 4 fully saturated rings. The van der Waals surface area contributed by atoms with Crippen LogP contribution in [0.1, 0.15) is 43.2 Å². The number of amides is 2. The van der Waals surface area contributed by atoms with Gasteiger partial charge < -0.3 is 19.9 Å². The number of nitrogens with one attached hydrogen (secondary N) is 1. The van der Waals surface area contributed by atoms with E-state index in [2.05, 4.69) is 41.4 Å². The summed E-state index contributed by atoms with van der Waals surface area (Å²) in [5.74, 6) is 0.463. The highest BCUT2D eigenvalue weighted by atomic mass is 16.5. The average Bonchev–Trinajstić information content (AvgIpc) is 3.38. The first kappa shape index (κ1) is 22.8. The molecule has 0 spiro atoms. The zero-order valence-electron chi connectivity index (χ0n) is 19.9. The summed E-state index contributed by atoms with van der Waals surface area (Å²) in [6.45, 7) is 8.46. The van der Waals surface area contributed by atoms with E-state index in [-0.39, 0.29) is 35.9 Å². The summed E-state index contributed by atoms with van der Waals surface area (Å²) >= 11 is 0. The summed E-state index contributed by atoms with van der Waals surface area (Å²) in [4.78, 5) is 33.2.